The molecule has 0 saturated heterocycles. The van der Waals surface area contributed by atoms with Crippen molar-refractivity contribution in [2.24, 2.45) is 15.4 Å². The molecule has 29 heavy (non-hydrogen) atoms. The Hall–Kier alpha value is -4.41. The van der Waals surface area contributed by atoms with Crippen molar-refractivity contribution in [1.29, 1.82) is 0 Å². The molecule has 146 valence electrons. The number of anilines is 1. The van der Waals surface area contributed by atoms with Crippen LogP contribution in [-0.2, 0) is 4.79 Å². The molecule has 0 spiro atoms. The van der Waals surface area contributed by atoms with Crippen molar-refractivity contribution < 1.29 is 14.7 Å². The van der Waals surface area contributed by atoms with E-state index in [0.29, 0.717) is 16.7 Å². The monoisotopic (exact) mass is 394 g/mol. The summed E-state index contributed by atoms with van der Waals surface area (Å²) in [6.45, 7) is 1.24. The van der Waals surface area contributed by atoms with Crippen LogP contribution in [0.25, 0.3) is 11.0 Å². The van der Waals surface area contributed by atoms with Crippen LogP contribution in [0.5, 0.6) is 0 Å². The number of amides is 2. The molecule has 4 N–H and O–H groups in total. The van der Waals surface area contributed by atoms with Crippen LogP contribution in [0.15, 0.2) is 74.1 Å². The lowest BCUT2D eigenvalue weighted by atomic mass is 10.2. The molecule has 0 fully saturated rings. The minimum atomic E-state index is -1.04. The van der Waals surface area contributed by atoms with Gasteiger partial charge in [0.25, 0.3) is 5.91 Å². The summed E-state index contributed by atoms with van der Waals surface area (Å²) in [6, 6.07) is 10.5. The van der Waals surface area contributed by atoms with Gasteiger partial charge in [-0.25, -0.2) is 4.79 Å². The molecular weight excluding hydrogens is 380 g/mol. The molecule has 0 unspecified atom stereocenters. The van der Waals surface area contributed by atoms with Crippen molar-refractivity contribution in [3.63, 3.8) is 0 Å². The maximum Gasteiger partial charge on any atom is 0.323 e. The number of fused-ring (bicyclic) bond motifs is 1. The number of azo groups is 1. The number of hydrogen-bond acceptors (Lipinski definition) is 7. The standard InChI is InChI=1S/C18H14N6O5/c1-9(25)15(23-22-12-5-3-2-4-11(12)16(26)24-29)17(27)19-10-6-7-13-14(8-10)21-18(28)20-13/h2-8,25H,1H3,(H,19,27)(H2,20,21,28). The average Bonchev–Trinajstić information content (AvgIpc) is 3.06. The molecule has 0 bridgehead atoms. The zero-order valence-electron chi connectivity index (χ0n) is 15.0. The number of nitrogens with one attached hydrogen (secondary N) is 3. The van der Waals surface area contributed by atoms with Crippen molar-refractivity contribution in [2.45, 2.75) is 6.92 Å². The SMILES string of the molecule is CC(O)=C(N=Nc1ccccc1C(=O)N=O)C(=O)Nc1ccc2[nH]c(=O)[nH]c2c1. The summed E-state index contributed by atoms with van der Waals surface area (Å²) in [5.41, 5.74) is 0.503. The third-order valence-corrected chi connectivity index (χ3v) is 3.81. The lowest BCUT2D eigenvalue weighted by molar-refractivity contribution is -0.113. The fourth-order valence-electron chi connectivity index (χ4n) is 2.48. The zero-order valence-corrected chi connectivity index (χ0v) is 15.0. The van der Waals surface area contributed by atoms with Crippen LogP contribution >= 0.6 is 0 Å². The lowest BCUT2D eigenvalue weighted by Gasteiger charge is -2.06. The minimum absolute atomic E-state index is 0.00923. The molecule has 0 aliphatic carbocycles. The van der Waals surface area contributed by atoms with E-state index in [1.807, 2.05) is 0 Å². The molecule has 2 amide bonds. The summed E-state index contributed by atoms with van der Waals surface area (Å²) in [5, 5.41) is 22.2. The van der Waals surface area contributed by atoms with Gasteiger partial charge in [-0.3, -0.25) is 9.59 Å². The van der Waals surface area contributed by atoms with Gasteiger partial charge in [-0.15, -0.1) is 15.1 Å². The van der Waals surface area contributed by atoms with Crippen LogP contribution in [0, 0.1) is 4.91 Å². The maximum atomic E-state index is 12.5. The number of aliphatic hydroxyl groups excluding tert-OH is 1. The van der Waals surface area contributed by atoms with Gasteiger partial charge < -0.3 is 20.4 Å². The predicted molar refractivity (Wildman–Crippen MR) is 104 cm³/mol. The molecule has 0 radical (unpaired) electrons. The highest BCUT2D eigenvalue weighted by Crippen LogP contribution is 2.22. The maximum absolute atomic E-state index is 12.5. The molecule has 11 heteroatoms. The van der Waals surface area contributed by atoms with Gasteiger partial charge >= 0.3 is 11.6 Å². The second-order valence-electron chi connectivity index (χ2n) is 5.84. The molecule has 1 aromatic heterocycles. The van der Waals surface area contributed by atoms with Crippen LogP contribution in [0.1, 0.15) is 17.3 Å². The van der Waals surface area contributed by atoms with Gasteiger partial charge in [-0.05, 0) is 37.3 Å². The average molecular weight is 394 g/mol. The first-order valence-corrected chi connectivity index (χ1v) is 8.20. The second-order valence-corrected chi connectivity index (χ2v) is 5.84. The third-order valence-electron chi connectivity index (χ3n) is 3.81. The van der Waals surface area contributed by atoms with Crippen LogP contribution in [0.3, 0.4) is 0 Å². The molecule has 1 heterocycles. The number of aliphatic hydroxyl groups is 1. The van der Waals surface area contributed by atoms with E-state index in [1.54, 1.807) is 18.2 Å². The molecule has 0 aliphatic heterocycles. The fraction of sp³-hybridized carbons (Fsp3) is 0.0556. The highest BCUT2D eigenvalue weighted by Gasteiger charge is 2.15. The number of carbonyl (C=O) groups is 2. The van der Waals surface area contributed by atoms with E-state index in [0.717, 1.165) is 0 Å². The molecule has 0 aliphatic rings. The lowest BCUT2D eigenvalue weighted by Crippen LogP contribution is -2.14. The van der Waals surface area contributed by atoms with E-state index in [9.17, 15) is 24.4 Å². The molecule has 3 aromatic rings. The van der Waals surface area contributed by atoms with Gasteiger partial charge in [0.2, 0.25) is 0 Å². The Bertz CT molecular complexity index is 1230. The molecule has 2 aromatic carbocycles. The van der Waals surface area contributed by atoms with E-state index < -0.39 is 23.3 Å². The number of nitroso groups, excluding NO2 is 1. The first kappa shape index (κ1) is 19.4. The van der Waals surface area contributed by atoms with Gasteiger partial charge in [0.1, 0.15) is 5.76 Å². The number of hydrogen-bond donors (Lipinski definition) is 4. The van der Waals surface area contributed by atoms with E-state index >= 15 is 0 Å². The van der Waals surface area contributed by atoms with Gasteiger partial charge in [-0.1, -0.05) is 12.1 Å². The second kappa shape index (κ2) is 8.08. The molecule has 11 nitrogen and oxygen atoms in total. The van der Waals surface area contributed by atoms with Crippen molar-refractivity contribution in [1.82, 2.24) is 9.97 Å². The van der Waals surface area contributed by atoms with Crippen LogP contribution < -0.4 is 11.0 Å². The number of allylic oxidation sites excluding steroid dienone is 1. The Morgan fingerprint density at radius 2 is 1.79 bits per heavy atom. The summed E-state index contributed by atoms with van der Waals surface area (Å²) >= 11 is 0. The topological polar surface area (TPSA) is 169 Å². The summed E-state index contributed by atoms with van der Waals surface area (Å²) in [5.74, 6) is -2.23. The van der Waals surface area contributed by atoms with Gasteiger partial charge in [0.05, 0.1) is 22.3 Å². The Labute approximate surface area is 162 Å². The quantitative estimate of drug-likeness (QED) is 0.225. The van der Waals surface area contributed by atoms with Crippen molar-refractivity contribution in [3.05, 3.63) is 74.9 Å². The van der Waals surface area contributed by atoms with E-state index in [1.165, 1.54) is 31.2 Å². The van der Waals surface area contributed by atoms with E-state index in [-0.39, 0.29) is 16.9 Å². The summed E-state index contributed by atoms with van der Waals surface area (Å²) in [6.07, 6.45) is 0. The van der Waals surface area contributed by atoms with Crippen molar-refractivity contribution in [2.75, 3.05) is 5.32 Å². The highest BCUT2D eigenvalue weighted by molar-refractivity contribution is 6.04. The number of carbonyl (C=O) groups excluding carboxylic acids is 2. The zero-order chi connectivity index (χ0) is 21.0. The van der Waals surface area contributed by atoms with E-state index in [4.69, 9.17) is 0 Å². The Morgan fingerprint density at radius 1 is 1.07 bits per heavy atom. The largest absolute Gasteiger partial charge is 0.510 e. The van der Waals surface area contributed by atoms with Crippen molar-refractivity contribution in [3.8, 4) is 0 Å². The highest BCUT2D eigenvalue weighted by atomic mass is 16.3. The van der Waals surface area contributed by atoms with Gasteiger partial charge in [0.15, 0.2) is 5.70 Å². The Balaban J connectivity index is 1.86. The van der Waals surface area contributed by atoms with Gasteiger partial charge in [0, 0.05) is 10.9 Å². The fourth-order valence-corrected chi connectivity index (χ4v) is 2.48. The predicted octanol–water partition coefficient (Wildman–Crippen LogP) is 3.27. The number of imidazole rings is 1. The van der Waals surface area contributed by atoms with Crippen LogP contribution in [0.4, 0.5) is 11.4 Å². The molecular formula is C18H14N6O5. The third kappa shape index (κ3) is 4.30. The number of benzene rings is 2. The Kier molecular flexibility index (Phi) is 5.39. The van der Waals surface area contributed by atoms with E-state index in [2.05, 4.69) is 30.7 Å². The minimum Gasteiger partial charge on any atom is -0.510 e. The smallest absolute Gasteiger partial charge is 0.323 e. The summed E-state index contributed by atoms with van der Waals surface area (Å²) in [7, 11) is 0. The van der Waals surface area contributed by atoms with Crippen LogP contribution in [0.2, 0.25) is 0 Å². The number of aromatic nitrogens is 2. The number of rotatable bonds is 5. The summed E-state index contributed by atoms with van der Waals surface area (Å²) < 4.78 is 0. The molecule has 3 rings (SSSR count). The first-order valence-electron chi connectivity index (χ1n) is 8.20. The van der Waals surface area contributed by atoms with Crippen LogP contribution in [-0.4, -0.2) is 26.9 Å². The Morgan fingerprint density at radius 3 is 2.52 bits per heavy atom. The van der Waals surface area contributed by atoms with Gasteiger partial charge in [-0.2, -0.15) is 0 Å². The first-order chi connectivity index (χ1) is 13.9. The number of aromatic amines is 2. The van der Waals surface area contributed by atoms with Crippen molar-refractivity contribution >= 4 is 34.2 Å². The number of nitrogens with zero attached hydrogens (tertiary/aromatic N) is 3. The molecule has 0 saturated carbocycles. The summed E-state index contributed by atoms with van der Waals surface area (Å²) in [4.78, 5) is 51.0. The molecule has 0 atom stereocenters. The normalized spacial score (nSPS) is 12.0. The number of H-pyrrole nitrogens is 2.